The van der Waals surface area contributed by atoms with Gasteiger partial charge in [-0.3, -0.25) is 0 Å². The minimum Gasteiger partial charge on any atom is -0.491 e. The summed E-state index contributed by atoms with van der Waals surface area (Å²) >= 11 is 0. The van der Waals surface area contributed by atoms with Crippen molar-refractivity contribution in [3.8, 4) is 5.75 Å². The highest BCUT2D eigenvalue weighted by Gasteiger charge is 2.32. The molecule has 4 nitrogen and oxygen atoms in total. The molecule has 1 amide bonds. The van der Waals surface area contributed by atoms with E-state index in [1.807, 2.05) is 0 Å². The second kappa shape index (κ2) is 5.70. The van der Waals surface area contributed by atoms with Crippen LogP contribution in [0.1, 0.15) is 31.9 Å². The van der Waals surface area contributed by atoms with Gasteiger partial charge in [0.25, 0.3) is 0 Å². The molecule has 122 valence electrons. The Hall–Kier alpha value is -1.92. The molecule has 0 aliphatic carbocycles. The first-order valence-corrected chi connectivity index (χ1v) is 6.87. The summed E-state index contributed by atoms with van der Waals surface area (Å²) in [5, 5.41) is 0. The predicted molar refractivity (Wildman–Crippen MR) is 73.6 cm³/mol. The predicted octanol–water partition coefficient (Wildman–Crippen LogP) is 3.83. The number of fused-ring (bicyclic) bond motifs is 1. The van der Waals surface area contributed by atoms with Gasteiger partial charge < -0.3 is 14.4 Å². The third kappa shape index (κ3) is 4.05. The molecular weight excluding hydrogens is 299 g/mol. The van der Waals surface area contributed by atoms with Crippen LogP contribution in [0.3, 0.4) is 0 Å². The first-order chi connectivity index (χ1) is 10.1. The largest absolute Gasteiger partial charge is 0.491 e. The summed E-state index contributed by atoms with van der Waals surface area (Å²) in [6.07, 6.45) is -4.93. The van der Waals surface area contributed by atoms with E-state index in [2.05, 4.69) is 0 Å². The van der Waals surface area contributed by atoms with Gasteiger partial charge in [-0.05, 0) is 32.9 Å². The molecule has 0 saturated heterocycles. The number of nitrogens with zero attached hydrogens (tertiary/aromatic N) is 1. The number of benzene rings is 1. The minimum absolute atomic E-state index is 0.119. The van der Waals surface area contributed by atoms with Gasteiger partial charge in [-0.2, -0.15) is 13.2 Å². The van der Waals surface area contributed by atoms with E-state index in [0.717, 1.165) is 12.1 Å². The lowest BCUT2D eigenvalue weighted by Gasteiger charge is -2.26. The molecule has 7 heteroatoms. The molecule has 0 unspecified atom stereocenters. The highest BCUT2D eigenvalue weighted by atomic mass is 19.4. The van der Waals surface area contributed by atoms with Crippen LogP contribution in [-0.4, -0.2) is 29.7 Å². The fourth-order valence-corrected chi connectivity index (χ4v) is 2.03. The van der Waals surface area contributed by atoms with Crippen LogP contribution in [0.25, 0.3) is 0 Å². The number of alkyl halides is 3. The summed E-state index contributed by atoms with van der Waals surface area (Å²) in [4.78, 5) is 13.5. The molecule has 0 N–H and O–H groups in total. The lowest BCUT2D eigenvalue weighted by atomic mass is 10.1. The van der Waals surface area contributed by atoms with Crippen LogP contribution in [-0.2, 0) is 17.5 Å². The first kappa shape index (κ1) is 16.5. The molecule has 1 aromatic carbocycles. The van der Waals surface area contributed by atoms with Crippen LogP contribution >= 0.6 is 0 Å². The van der Waals surface area contributed by atoms with Gasteiger partial charge in [0.1, 0.15) is 18.0 Å². The SMILES string of the molecule is CC(C)(C)OC(=O)N1CCOc2cc(C(F)(F)F)ccc2C1. The highest BCUT2D eigenvalue weighted by molar-refractivity contribution is 5.68. The highest BCUT2D eigenvalue weighted by Crippen LogP contribution is 2.34. The van der Waals surface area contributed by atoms with Crippen molar-refractivity contribution in [3.05, 3.63) is 29.3 Å². The number of amides is 1. The Morgan fingerprint density at radius 1 is 1.27 bits per heavy atom. The lowest BCUT2D eigenvalue weighted by molar-refractivity contribution is -0.137. The molecule has 22 heavy (non-hydrogen) atoms. The standard InChI is InChI=1S/C15H18F3NO3/c1-14(2,3)22-13(20)19-6-7-21-12-8-11(15(16,17)18)5-4-10(12)9-19/h4-5,8H,6-7,9H2,1-3H3. The van der Waals surface area contributed by atoms with Crippen LogP contribution in [0, 0.1) is 0 Å². The summed E-state index contributed by atoms with van der Waals surface area (Å²) in [6, 6.07) is 3.29. The van der Waals surface area contributed by atoms with E-state index < -0.39 is 23.4 Å². The Bertz CT molecular complexity index is 564. The van der Waals surface area contributed by atoms with Crippen molar-refractivity contribution in [2.24, 2.45) is 0 Å². The Kier molecular flexibility index (Phi) is 4.26. The van der Waals surface area contributed by atoms with Crippen molar-refractivity contribution in [2.45, 2.75) is 39.1 Å². The Labute approximate surface area is 126 Å². The van der Waals surface area contributed by atoms with Crippen LogP contribution < -0.4 is 4.74 Å². The average Bonchev–Trinajstić information content (AvgIpc) is 2.56. The van der Waals surface area contributed by atoms with Gasteiger partial charge in [0.05, 0.1) is 18.7 Å². The number of carbonyl (C=O) groups excluding carboxylic acids is 1. The molecule has 2 rings (SSSR count). The van der Waals surface area contributed by atoms with Crippen LogP contribution in [0.15, 0.2) is 18.2 Å². The normalized spacial score (nSPS) is 15.6. The zero-order chi connectivity index (χ0) is 16.5. The van der Waals surface area contributed by atoms with Gasteiger partial charge in [-0.15, -0.1) is 0 Å². The van der Waals surface area contributed by atoms with Crippen molar-refractivity contribution in [2.75, 3.05) is 13.2 Å². The molecule has 0 saturated carbocycles. The van der Waals surface area contributed by atoms with Crippen LogP contribution in [0.5, 0.6) is 5.75 Å². The molecule has 1 aliphatic heterocycles. The van der Waals surface area contributed by atoms with Gasteiger partial charge >= 0.3 is 12.3 Å². The third-order valence-electron chi connectivity index (χ3n) is 3.03. The fourth-order valence-electron chi connectivity index (χ4n) is 2.03. The van der Waals surface area contributed by atoms with E-state index >= 15 is 0 Å². The van der Waals surface area contributed by atoms with Crippen LogP contribution in [0.4, 0.5) is 18.0 Å². The summed E-state index contributed by atoms with van der Waals surface area (Å²) in [6.45, 7) is 5.79. The van der Waals surface area contributed by atoms with Crippen molar-refractivity contribution in [1.82, 2.24) is 4.90 Å². The zero-order valence-corrected chi connectivity index (χ0v) is 12.7. The van der Waals surface area contributed by atoms with Gasteiger partial charge in [0.15, 0.2) is 0 Å². The quantitative estimate of drug-likeness (QED) is 0.730. The van der Waals surface area contributed by atoms with Crippen molar-refractivity contribution in [3.63, 3.8) is 0 Å². The summed E-state index contributed by atoms with van der Waals surface area (Å²) < 4.78 is 48.8. The van der Waals surface area contributed by atoms with Crippen molar-refractivity contribution in [1.29, 1.82) is 0 Å². The fraction of sp³-hybridized carbons (Fsp3) is 0.533. The molecule has 0 fully saturated rings. The topological polar surface area (TPSA) is 38.8 Å². The molecule has 0 aromatic heterocycles. The maximum atomic E-state index is 12.7. The van der Waals surface area contributed by atoms with Gasteiger partial charge in [0.2, 0.25) is 0 Å². The van der Waals surface area contributed by atoms with Crippen LogP contribution in [0.2, 0.25) is 0 Å². The molecule has 0 radical (unpaired) electrons. The molecule has 0 bridgehead atoms. The van der Waals surface area contributed by atoms with E-state index in [4.69, 9.17) is 9.47 Å². The lowest BCUT2D eigenvalue weighted by Crippen LogP contribution is -2.37. The number of halogens is 3. The Morgan fingerprint density at radius 2 is 1.95 bits per heavy atom. The monoisotopic (exact) mass is 317 g/mol. The maximum absolute atomic E-state index is 12.7. The van der Waals surface area contributed by atoms with E-state index in [-0.39, 0.29) is 25.4 Å². The molecule has 0 spiro atoms. The molecular formula is C15H18F3NO3. The summed E-state index contributed by atoms with van der Waals surface area (Å²) in [5.41, 5.74) is -0.874. The zero-order valence-electron chi connectivity index (χ0n) is 12.7. The second-order valence-corrected chi connectivity index (χ2v) is 6.07. The number of hydrogen-bond acceptors (Lipinski definition) is 3. The average molecular weight is 317 g/mol. The summed E-state index contributed by atoms with van der Waals surface area (Å²) in [7, 11) is 0. The van der Waals surface area contributed by atoms with Gasteiger partial charge in [-0.1, -0.05) is 6.07 Å². The first-order valence-electron chi connectivity index (χ1n) is 6.87. The van der Waals surface area contributed by atoms with E-state index in [1.165, 1.54) is 11.0 Å². The smallest absolute Gasteiger partial charge is 0.416 e. The van der Waals surface area contributed by atoms with E-state index in [0.29, 0.717) is 5.56 Å². The third-order valence-corrected chi connectivity index (χ3v) is 3.03. The molecule has 1 heterocycles. The van der Waals surface area contributed by atoms with Gasteiger partial charge in [-0.25, -0.2) is 4.79 Å². The molecule has 1 aliphatic rings. The number of carbonyl (C=O) groups is 1. The number of ether oxygens (including phenoxy) is 2. The number of rotatable bonds is 0. The molecule has 1 aromatic rings. The summed E-state index contributed by atoms with van der Waals surface area (Å²) in [5.74, 6) is 0.154. The van der Waals surface area contributed by atoms with Gasteiger partial charge in [0, 0.05) is 5.56 Å². The minimum atomic E-state index is -4.42. The van der Waals surface area contributed by atoms with Crippen molar-refractivity contribution < 1.29 is 27.4 Å². The number of hydrogen-bond donors (Lipinski definition) is 0. The Balaban J connectivity index is 2.19. The maximum Gasteiger partial charge on any atom is 0.416 e. The second-order valence-electron chi connectivity index (χ2n) is 6.07. The molecule has 0 atom stereocenters. The van der Waals surface area contributed by atoms with E-state index in [1.54, 1.807) is 20.8 Å². The van der Waals surface area contributed by atoms with E-state index in [9.17, 15) is 18.0 Å². The van der Waals surface area contributed by atoms with Crippen molar-refractivity contribution >= 4 is 6.09 Å². The Morgan fingerprint density at radius 3 is 2.55 bits per heavy atom.